The fourth-order valence-electron chi connectivity index (χ4n) is 2.23. The second kappa shape index (κ2) is 4.74. The Balaban J connectivity index is 2.13. The smallest absolute Gasteiger partial charge is 0.171 e. The number of thioether (sulfide) groups is 1. The van der Waals surface area contributed by atoms with Crippen molar-refractivity contribution in [3.63, 3.8) is 0 Å². The van der Waals surface area contributed by atoms with Gasteiger partial charge in [-0.1, -0.05) is 12.1 Å². The van der Waals surface area contributed by atoms with E-state index in [9.17, 15) is 4.79 Å². The summed E-state index contributed by atoms with van der Waals surface area (Å²) in [7, 11) is 0. The quantitative estimate of drug-likeness (QED) is 0.725. The van der Waals surface area contributed by atoms with E-state index in [0.717, 1.165) is 21.8 Å². The first-order valence-corrected chi connectivity index (χ1v) is 7.38. The Hall–Kier alpha value is -1.74. The number of ketones is 1. The molecule has 0 fully saturated rings. The van der Waals surface area contributed by atoms with Crippen LogP contribution in [0.3, 0.4) is 0 Å². The molecule has 0 amide bonds. The molecule has 0 N–H and O–H groups in total. The molecule has 0 atom stereocenters. The summed E-state index contributed by atoms with van der Waals surface area (Å²) in [4.78, 5) is 13.4. The van der Waals surface area contributed by atoms with Gasteiger partial charge in [0.05, 0.1) is 5.56 Å². The Morgan fingerprint density at radius 3 is 2.74 bits per heavy atom. The first kappa shape index (κ1) is 12.3. The molecule has 3 heteroatoms. The molecule has 0 bridgehead atoms. The van der Waals surface area contributed by atoms with Crippen molar-refractivity contribution in [1.82, 2.24) is 0 Å². The molecule has 19 heavy (non-hydrogen) atoms. The van der Waals surface area contributed by atoms with Crippen LogP contribution < -0.4 is 4.74 Å². The van der Waals surface area contributed by atoms with Crippen LogP contribution in [-0.2, 0) is 6.42 Å². The Labute approximate surface area is 116 Å². The molecular formula is C16H14O2S. The number of hydrogen-bond acceptors (Lipinski definition) is 3. The van der Waals surface area contributed by atoms with Gasteiger partial charge in [-0.05, 0) is 43.0 Å². The molecule has 0 saturated heterocycles. The van der Waals surface area contributed by atoms with Gasteiger partial charge in [0.15, 0.2) is 5.78 Å². The van der Waals surface area contributed by atoms with Crippen LogP contribution in [-0.4, -0.2) is 12.0 Å². The molecule has 0 aliphatic carbocycles. The van der Waals surface area contributed by atoms with Crippen LogP contribution in [0.4, 0.5) is 0 Å². The van der Waals surface area contributed by atoms with Gasteiger partial charge in [-0.2, -0.15) is 0 Å². The minimum Gasteiger partial charge on any atom is -0.456 e. The van der Waals surface area contributed by atoms with Gasteiger partial charge in [0.2, 0.25) is 0 Å². The molecule has 0 spiro atoms. The van der Waals surface area contributed by atoms with E-state index in [1.165, 1.54) is 0 Å². The van der Waals surface area contributed by atoms with Crippen molar-refractivity contribution in [2.75, 3.05) is 6.26 Å². The first-order valence-electron chi connectivity index (χ1n) is 6.16. The number of Topliss-reactive ketones (excluding diaryl/α,β-unsaturated/α-hetero) is 1. The zero-order chi connectivity index (χ0) is 13.4. The van der Waals surface area contributed by atoms with Crippen LogP contribution in [0.5, 0.6) is 11.5 Å². The van der Waals surface area contributed by atoms with Crippen LogP contribution in [0, 0.1) is 6.92 Å². The van der Waals surface area contributed by atoms with Crippen molar-refractivity contribution in [2.45, 2.75) is 18.2 Å². The maximum absolute atomic E-state index is 12.3. The third kappa shape index (κ3) is 2.26. The molecule has 1 aliphatic heterocycles. The van der Waals surface area contributed by atoms with Gasteiger partial charge in [-0.3, -0.25) is 4.79 Å². The summed E-state index contributed by atoms with van der Waals surface area (Å²) in [5.41, 5.74) is 2.77. The first-order chi connectivity index (χ1) is 9.17. The largest absolute Gasteiger partial charge is 0.456 e. The number of benzene rings is 2. The Kier molecular flexibility index (Phi) is 3.07. The Morgan fingerprint density at radius 1 is 1.11 bits per heavy atom. The molecule has 2 nitrogen and oxygen atoms in total. The van der Waals surface area contributed by atoms with Crippen LogP contribution in [0.15, 0.2) is 41.3 Å². The summed E-state index contributed by atoms with van der Waals surface area (Å²) in [5, 5.41) is 0. The molecular weight excluding hydrogens is 256 g/mol. The van der Waals surface area contributed by atoms with Gasteiger partial charge in [-0.25, -0.2) is 0 Å². The fourth-order valence-corrected chi connectivity index (χ4v) is 2.67. The maximum Gasteiger partial charge on any atom is 0.171 e. The molecule has 2 aromatic carbocycles. The van der Waals surface area contributed by atoms with Gasteiger partial charge in [0.1, 0.15) is 11.5 Å². The van der Waals surface area contributed by atoms with Gasteiger partial charge in [0, 0.05) is 16.9 Å². The van der Waals surface area contributed by atoms with Crippen molar-refractivity contribution in [2.24, 2.45) is 0 Å². The van der Waals surface area contributed by atoms with Crippen molar-refractivity contribution < 1.29 is 9.53 Å². The second-order valence-electron chi connectivity index (χ2n) is 4.68. The van der Waals surface area contributed by atoms with E-state index in [1.807, 2.05) is 49.6 Å². The van der Waals surface area contributed by atoms with E-state index in [0.29, 0.717) is 17.7 Å². The summed E-state index contributed by atoms with van der Waals surface area (Å²) >= 11 is 1.63. The number of fused-ring (bicyclic) bond motifs is 2. The molecule has 1 heterocycles. The van der Waals surface area contributed by atoms with Crippen LogP contribution in [0.1, 0.15) is 21.5 Å². The summed E-state index contributed by atoms with van der Waals surface area (Å²) in [5.74, 6) is 1.57. The highest BCUT2D eigenvalue weighted by molar-refractivity contribution is 7.98. The Morgan fingerprint density at radius 2 is 1.95 bits per heavy atom. The van der Waals surface area contributed by atoms with E-state index in [1.54, 1.807) is 11.8 Å². The van der Waals surface area contributed by atoms with Gasteiger partial charge >= 0.3 is 0 Å². The SMILES string of the molecule is CSc1ccc2c(c1)C(=O)Cc1ccc(C)cc1O2. The highest BCUT2D eigenvalue weighted by Crippen LogP contribution is 2.35. The van der Waals surface area contributed by atoms with E-state index in [-0.39, 0.29) is 5.78 Å². The molecule has 0 radical (unpaired) electrons. The van der Waals surface area contributed by atoms with Gasteiger partial charge in [0.25, 0.3) is 0 Å². The second-order valence-corrected chi connectivity index (χ2v) is 5.55. The van der Waals surface area contributed by atoms with Crippen molar-refractivity contribution in [1.29, 1.82) is 0 Å². The highest BCUT2D eigenvalue weighted by Gasteiger charge is 2.21. The number of aryl methyl sites for hydroxylation is 1. The Bertz CT molecular complexity index is 662. The fraction of sp³-hybridized carbons (Fsp3) is 0.188. The van der Waals surface area contributed by atoms with E-state index < -0.39 is 0 Å². The third-order valence-corrected chi connectivity index (χ3v) is 4.01. The van der Waals surface area contributed by atoms with Crippen LogP contribution >= 0.6 is 11.8 Å². The summed E-state index contributed by atoms with van der Waals surface area (Å²) in [6, 6.07) is 11.8. The highest BCUT2D eigenvalue weighted by atomic mass is 32.2. The van der Waals surface area contributed by atoms with Crippen molar-refractivity contribution in [3.05, 3.63) is 53.1 Å². The lowest BCUT2D eigenvalue weighted by Gasteiger charge is -2.09. The standard InChI is InChI=1S/C16H14O2S/c1-10-3-4-11-8-14(17)13-9-12(19-2)5-6-15(13)18-16(11)7-10/h3-7,9H,8H2,1-2H3. The molecule has 3 rings (SSSR count). The monoisotopic (exact) mass is 270 g/mol. The molecule has 0 unspecified atom stereocenters. The normalized spacial score (nSPS) is 13.3. The number of carbonyl (C=O) groups is 1. The predicted molar refractivity (Wildman–Crippen MR) is 77.5 cm³/mol. The van der Waals surface area contributed by atoms with Crippen molar-refractivity contribution in [3.8, 4) is 11.5 Å². The lowest BCUT2D eigenvalue weighted by atomic mass is 10.0. The molecule has 0 saturated carbocycles. The molecule has 0 aromatic heterocycles. The zero-order valence-electron chi connectivity index (χ0n) is 10.9. The van der Waals surface area contributed by atoms with Crippen molar-refractivity contribution >= 4 is 17.5 Å². The molecule has 2 aromatic rings. The maximum atomic E-state index is 12.3. The number of hydrogen-bond donors (Lipinski definition) is 0. The summed E-state index contributed by atoms with van der Waals surface area (Å²) < 4.78 is 5.92. The van der Waals surface area contributed by atoms with Gasteiger partial charge in [-0.15, -0.1) is 11.8 Å². The molecule has 1 aliphatic rings. The number of rotatable bonds is 1. The van der Waals surface area contributed by atoms with Crippen LogP contribution in [0.25, 0.3) is 0 Å². The minimum absolute atomic E-state index is 0.119. The van der Waals surface area contributed by atoms with E-state index >= 15 is 0 Å². The van der Waals surface area contributed by atoms with Crippen LogP contribution in [0.2, 0.25) is 0 Å². The summed E-state index contributed by atoms with van der Waals surface area (Å²) in [6.45, 7) is 2.02. The topological polar surface area (TPSA) is 26.3 Å². The predicted octanol–water partition coefficient (Wildman–Crippen LogP) is 4.25. The zero-order valence-corrected chi connectivity index (χ0v) is 11.7. The number of carbonyl (C=O) groups excluding carboxylic acids is 1. The lowest BCUT2D eigenvalue weighted by Crippen LogP contribution is -2.01. The minimum atomic E-state index is 0.119. The average Bonchev–Trinajstić information content (AvgIpc) is 2.54. The summed E-state index contributed by atoms with van der Waals surface area (Å²) in [6.07, 6.45) is 2.41. The average molecular weight is 270 g/mol. The molecule has 96 valence electrons. The van der Waals surface area contributed by atoms with Gasteiger partial charge < -0.3 is 4.74 Å². The van der Waals surface area contributed by atoms with E-state index in [2.05, 4.69) is 0 Å². The van der Waals surface area contributed by atoms with E-state index in [4.69, 9.17) is 4.74 Å². The lowest BCUT2D eigenvalue weighted by molar-refractivity contribution is 0.0993. The number of ether oxygens (including phenoxy) is 1. The third-order valence-electron chi connectivity index (χ3n) is 3.28.